The summed E-state index contributed by atoms with van der Waals surface area (Å²) in [6, 6.07) is 9.68. The zero-order valence-electron chi connectivity index (χ0n) is 5.55. The zero-order chi connectivity index (χ0) is 8.27. The third-order valence-electron chi connectivity index (χ3n) is 1.25. The van der Waals surface area contributed by atoms with Crippen LogP contribution in [0.15, 0.2) is 30.3 Å². The molecule has 0 aliphatic rings. The number of benzene rings is 1. The van der Waals surface area contributed by atoms with Crippen LogP contribution in [-0.4, -0.2) is 2.63 Å². The molecule has 0 heterocycles. The van der Waals surface area contributed by atoms with E-state index in [-0.39, 0.29) is 5.50 Å². The van der Waals surface area contributed by atoms with Crippen LogP contribution in [0, 0.1) is 0 Å². The average Bonchev–Trinajstić information content (AvgIpc) is 2.05. The molecule has 0 amide bonds. The molecule has 60 valence electrons. The highest BCUT2D eigenvalue weighted by atomic mass is 127. The number of hydrogen-bond acceptors (Lipinski definition) is 1. The van der Waals surface area contributed by atoms with Gasteiger partial charge in [0.1, 0.15) is 5.50 Å². The normalized spacial score (nSPS) is 13.5. The average molecular weight is 302 g/mol. The number of nitrogens with zero attached hydrogens (tertiary/aromatic N) is 1. The van der Waals surface area contributed by atoms with E-state index in [9.17, 15) is 0 Å². The monoisotopic (exact) mass is 301 g/mol. The van der Waals surface area contributed by atoms with Gasteiger partial charge in [-0.25, -0.2) is 0 Å². The number of alkyl halides is 1. The summed E-state index contributed by atoms with van der Waals surface area (Å²) in [5.74, 6) is 0. The maximum absolute atomic E-state index is 5.93. The molecule has 0 aromatic heterocycles. The van der Waals surface area contributed by atoms with Crippen LogP contribution in [0.5, 0.6) is 0 Å². The van der Waals surface area contributed by atoms with Crippen molar-refractivity contribution in [2.75, 3.05) is 0 Å². The summed E-state index contributed by atoms with van der Waals surface area (Å²) >= 11 is 13.5. The lowest BCUT2D eigenvalue weighted by molar-refractivity contribution is 0.734. The van der Waals surface area contributed by atoms with Crippen LogP contribution in [-0.2, 0) is 0 Å². The Morgan fingerprint density at radius 3 is 2.27 bits per heavy atom. The van der Waals surface area contributed by atoms with Gasteiger partial charge in [0.2, 0.25) is 0 Å². The predicted molar refractivity (Wildman–Crippen MR) is 56.7 cm³/mol. The molecule has 0 spiro atoms. The summed E-state index contributed by atoms with van der Waals surface area (Å²) in [6.07, 6.45) is 0. The van der Waals surface area contributed by atoms with Crippen molar-refractivity contribution in [1.82, 2.24) is 2.63 Å². The fourth-order valence-electron chi connectivity index (χ4n) is 0.725. The van der Waals surface area contributed by atoms with Crippen molar-refractivity contribution in [3.63, 3.8) is 0 Å². The lowest BCUT2D eigenvalue weighted by Crippen LogP contribution is -2.01. The molecule has 0 aliphatic heterocycles. The van der Waals surface area contributed by atoms with Gasteiger partial charge in [-0.15, -0.1) is 2.63 Å². The first-order valence-corrected chi connectivity index (χ1v) is 4.75. The molecule has 0 fully saturated rings. The van der Waals surface area contributed by atoms with Gasteiger partial charge in [-0.2, -0.15) is 0 Å². The molecule has 0 saturated carbocycles. The third-order valence-corrected chi connectivity index (χ3v) is 2.87. The topological polar surface area (TPSA) is 3.24 Å². The van der Waals surface area contributed by atoms with Crippen molar-refractivity contribution in [3.8, 4) is 0 Å². The first-order valence-electron chi connectivity index (χ1n) is 3.01. The third kappa shape index (κ3) is 2.78. The Kier molecular flexibility index (Phi) is 3.92. The van der Waals surface area contributed by atoms with E-state index in [4.69, 9.17) is 23.4 Å². The summed E-state index contributed by atoms with van der Waals surface area (Å²) in [5.41, 5.74) is 0.733. The standard InChI is InChI=1S/C7H6Cl2IN/c8-7(11(9)10)6-4-2-1-3-5-6/h1-5,7H. The first kappa shape index (κ1) is 9.58. The minimum Gasteiger partial charge on any atom is -0.137 e. The Hall–Kier alpha value is 0.490. The number of halogens is 3. The number of hydrogen-bond donors (Lipinski definition) is 0. The van der Waals surface area contributed by atoms with Gasteiger partial charge in [-0.1, -0.05) is 41.9 Å². The second kappa shape index (κ2) is 4.50. The van der Waals surface area contributed by atoms with E-state index in [1.807, 2.05) is 53.2 Å². The second-order valence-corrected chi connectivity index (χ2v) is 4.39. The van der Waals surface area contributed by atoms with Crippen LogP contribution in [0.25, 0.3) is 0 Å². The van der Waals surface area contributed by atoms with Crippen LogP contribution in [0.3, 0.4) is 0 Å². The fraction of sp³-hybridized carbons (Fsp3) is 0.143. The van der Waals surface area contributed by atoms with Crippen molar-refractivity contribution in [3.05, 3.63) is 35.9 Å². The van der Waals surface area contributed by atoms with Crippen LogP contribution < -0.4 is 0 Å². The molecule has 0 aliphatic carbocycles. The SMILES string of the molecule is ClC(c1ccccc1)N(Cl)I. The quantitative estimate of drug-likeness (QED) is 0.348. The van der Waals surface area contributed by atoms with Crippen molar-refractivity contribution in [1.29, 1.82) is 0 Å². The zero-order valence-corrected chi connectivity index (χ0v) is 9.21. The molecule has 1 unspecified atom stereocenters. The fourth-order valence-corrected chi connectivity index (χ4v) is 1.30. The van der Waals surface area contributed by atoms with Gasteiger partial charge in [0.25, 0.3) is 0 Å². The Balaban J connectivity index is 2.77. The second-order valence-electron chi connectivity index (χ2n) is 2.01. The summed E-state index contributed by atoms with van der Waals surface area (Å²) in [6.45, 7) is 0. The van der Waals surface area contributed by atoms with Crippen LogP contribution in [0.1, 0.15) is 11.1 Å². The van der Waals surface area contributed by atoms with Crippen LogP contribution >= 0.6 is 46.2 Å². The van der Waals surface area contributed by atoms with Crippen LogP contribution in [0.2, 0.25) is 0 Å². The molecule has 1 rings (SSSR count). The summed E-state index contributed by atoms with van der Waals surface area (Å²) in [4.78, 5) is 0. The molecular formula is C7H6Cl2IN. The van der Waals surface area contributed by atoms with Gasteiger partial charge in [0.15, 0.2) is 0 Å². The highest BCUT2D eigenvalue weighted by molar-refractivity contribution is 14.1. The van der Waals surface area contributed by atoms with Gasteiger partial charge in [-0.3, -0.25) is 0 Å². The highest BCUT2D eigenvalue weighted by Gasteiger charge is 2.11. The summed E-state index contributed by atoms with van der Waals surface area (Å²) in [7, 11) is 0. The molecule has 11 heavy (non-hydrogen) atoms. The summed E-state index contributed by atoms with van der Waals surface area (Å²) < 4.78 is 1.41. The van der Waals surface area contributed by atoms with E-state index in [1.165, 1.54) is 2.63 Å². The van der Waals surface area contributed by atoms with Crippen LogP contribution in [0.4, 0.5) is 0 Å². The molecular weight excluding hydrogens is 296 g/mol. The van der Waals surface area contributed by atoms with Gasteiger partial charge in [0, 0.05) is 22.9 Å². The van der Waals surface area contributed by atoms with Gasteiger partial charge >= 0.3 is 0 Å². The van der Waals surface area contributed by atoms with E-state index < -0.39 is 0 Å². The Labute approximate surface area is 89.9 Å². The lowest BCUT2D eigenvalue weighted by Gasteiger charge is -2.11. The van der Waals surface area contributed by atoms with E-state index in [0.717, 1.165) is 5.56 Å². The van der Waals surface area contributed by atoms with Crippen molar-refractivity contribution >= 4 is 46.2 Å². The van der Waals surface area contributed by atoms with E-state index in [2.05, 4.69) is 0 Å². The molecule has 0 radical (unpaired) electrons. The first-order chi connectivity index (χ1) is 5.22. The minimum absolute atomic E-state index is 0.265. The number of rotatable bonds is 2. The molecule has 1 aromatic rings. The lowest BCUT2D eigenvalue weighted by atomic mass is 10.2. The molecule has 1 atom stereocenters. The molecule has 0 saturated heterocycles. The Bertz CT molecular complexity index is 215. The smallest absolute Gasteiger partial charge is 0.134 e. The molecule has 1 nitrogen and oxygen atoms in total. The van der Waals surface area contributed by atoms with E-state index in [0.29, 0.717) is 0 Å². The van der Waals surface area contributed by atoms with Gasteiger partial charge in [0.05, 0.1) is 0 Å². The molecule has 1 aromatic carbocycles. The molecule has 4 heteroatoms. The van der Waals surface area contributed by atoms with Crippen molar-refractivity contribution in [2.45, 2.75) is 5.50 Å². The Morgan fingerprint density at radius 2 is 1.82 bits per heavy atom. The van der Waals surface area contributed by atoms with E-state index >= 15 is 0 Å². The maximum atomic E-state index is 5.93. The van der Waals surface area contributed by atoms with Crippen molar-refractivity contribution < 1.29 is 0 Å². The molecule has 0 N–H and O–H groups in total. The predicted octanol–water partition coefficient (Wildman–Crippen LogP) is 3.73. The largest absolute Gasteiger partial charge is 0.137 e. The maximum Gasteiger partial charge on any atom is 0.134 e. The summed E-state index contributed by atoms with van der Waals surface area (Å²) in [5, 5.41) is 0. The minimum atomic E-state index is -0.265. The van der Waals surface area contributed by atoms with Gasteiger partial charge < -0.3 is 0 Å². The molecule has 0 bridgehead atoms. The van der Waals surface area contributed by atoms with E-state index in [1.54, 1.807) is 0 Å². The van der Waals surface area contributed by atoms with Crippen molar-refractivity contribution in [2.24, 2.45) is 0 Å². The highest BCUT2D eigenvalue weighted by Crippen LogP contribution is 2.29. The van der Waals surface area contributed by atoms with Gasteiger partial charge in [-0.05, 0) is 17.3 Å². The Morgan fingerprint density at radius 1 is 1.27 bits per heavy atom.